The highest BCUT2D eigenvalue weighted by Gasteiger charge is 2.61. The fourth-order valence-electron chi connectivity index (χ4n) is 20.8. The van der Waals surface area contributed by atoms with Gasteiger partial charge in [0.05, 0.1) is 17.6 Å². The standard InChI is InChI=1S/C40H63N3O2S2.C39H64N2O6S2.C4H6O4S.ClH/c1-28(2)11-9-12-29(3)34-17-18-35-33-16-15-31-27-32(19-21-39(31,5)36(33)20-22-40(34,35)6)45-38(44)43-25-24-41-30(4)13-10-26-46-47-37-14-7-8-23-42-37;1-25(2)9-7-10-26(3)31-14-15-32-30-13-12-28-23-29(16-18-38(28,5)33(30)17-19-39(31,32)6)47-37(46)41-21-20-40-27(4)11-8-22-48-49-34(36(44)45)24-35(42)43;5-3(6)1-2(9)4(7)8;/h7-8,14-15,23,28-29,32-36,41H,4,9-13,16-22,24-27H2,1-3,5-6H3,(H,43,44);12,25-26,29-34,40H,4,7-11,13-24H2,1-3,5-6H3,(H,41,46)(H,42,43)(H,44,45);2,9H,1H2,(H,5,6)(H,7,8);1H/p-3. The van der Waals surface area contributed by atoms with Crippen molar-refractivity contribution < 1.29 is 71.1 Å². The minimum Gasteiger partial charge on any atom is -1.00 e. The third-order valence-corrected chi connectivity index (χ3v) is 31.8. The quantitative estimate of drug-likeness (QED) is 0.0140. The maximum Gasteiger partial charge on any atom is 0.407 e. The van der Waals surface area contributed by atoms with Crippen LogP contribution in [-0.2, 0) is 28.7 Å². The van der Waals surface area contributed by atoms with Crippen LogP contribution in [0.5, 0.6) is 0 Å². The van der Waals surface area contributed by atoms with E-state index in [4.69, 9.17) is 19.7 Å². The van der Waals surface area contributed by atoms with Crippen molar-refractivity contribution in [1.29, 1.82) is 0 Å². The summed E-state index contributed by atoms with van der Waals surface area (Å²) in [5.74, 6) is 6.52. The molecule has 106 heavy (non-hydrogen) atoms. The van der Waals surface area contributed by atoms with Crippen LogP contribution in [0.25, 0.3) is 0 Å². The monoisotopic (exact) mass is 1580 g/mol. The summed E-state index contributed by atoms with van der Waals surface area (Å²) in [5, 5.41) is 49.1. The largest absolute Gasteiger partial charge is 1.00 e. The second-order valence-electron chi connectivity index (χ2n) is 34.1. The molecule has 2 amide bonds. The van der Waals surface area contributed by atoms with Crippen molar-refractivity contribution in [2.75, 3.05) is 37.7 Å². The van der Waals surface area contributed by atoms with Gasteiger partial charge < -0.3 is 73.2 Å². The molecule has 6 saturated carbocycles. The Labute approximate surface area is 663 Å². The summed E-state index contributed by atoms with van der Waals surface area (Å²) in [6.07, 6.45) is 36.5. The fourth-order valence-corrected chi connectivity index (χ4v) is 25.3. The number of ether oxygens (including phenoxy) is 2. The number of amides is 2. The maximum absolute atomic E-state index is 12.7. The Morgan fingerprint density at radius 1 is 0.604 bits per heavy atom. The molecule has 23 heteroatoms. The molecule has 0 bridgehead atoms. The molecule has 1 aromatic rings. The molecular formula is C83H131ClN5O12S5-3. The first-order chi connectivity index (χ1) is 49.9. The molecule has 0 aromatic carbocycles. The topological polar surface area (TPSA) is 268 Å². The van der Waals surface area contributed by atoms with Crippen molar-refractivity contribution in [3.63, 3.8) is 0 Å². The number of rotatable bonds is 38. The predicted octanol–water partition coefficient (Wildman–Crippen LogP) is 14.3. The number of hydrogen-bond donors (Lipinski definition) is 7. The molecule has 18 unspecified atom stereocenters. The third kappa shape index (κ3) is 26.1. The molecule has 0 radical (unpaired) electrons. The second kappa shape index (κ2) is 43.8. The van der Waals surface area contributed by atoms with Gasteiger partial charge in [0, 0.05) is 80.5 Å². The van der Waals surface area contributed by atoms with Gasteiger partial charge in [0.15, 0.2) is 0 Å². The van der Waals surface area contributed by atoms with E-state index >= 15 is 0 Å². The van der Waals surface area contributed by atoms with Gasteiger partial charge in [-0.25, -0.2) is 14.6 Å². The third-order valence-electron chi connectivity index (χ3n) is 26.3. The van der Waals surface area contributed by atoms with Crippen LogP contribution in [0.2, 0.25) is 0 Å². The summed E-state index contributed by atoms with van der Waals surface area (Å²) < 4.78 is 11.9. The summed E-state index contributed by atoms with van der Waals surface area (Å²) in [5.41, 5.74) is 6.48. The van der Waals surface area contributed by atoms with E-state index in [1.165, 1.54) is 119 Å². The van der Waals surface area contributed by atoms with Gasteiger partial charge in [-0.15, -0.1) is 0 Å². The molecule has 0 spiro atoms. The zero-order valence-corrected chi connectivity index (χ0v) is 70.5. The Morgan fingerprint density at radius 3 is 1.47 bits per heavy atom. The van der Waals surface area contributed by atoms with Crippen molar-refractivity contribution in [3.05, 3.63) is 72.2 Å². The van der Waals surface area contributed by atoms with Gasteiger partial charge >= 0.3 is 24.1 Å². The Kier molecular flexibility index (Phi) is 37.7. The Morgan fingerprint density at radius 2 is 1.07 bits per heavy atom. The van der Waals surface area contributed by atoms with Crippen LogP contribution in [0.15, 0.2) is 77.3 Å². The van der Waals surface area contributed by atoms with Gasteiger partial charge in [-0.2, -0.15) is 12.6 Å². The maximum atomic E-state index is 12.7. The highest BCUT2D eigenvalue weighted by Crippen LogP contribution is 2.69. The number of aromatic nitrogens is 1. The van der Waals surface area contributed by atoms with Crippen LogP contribution >= 0.6 is 55.8 Å². The lowest BCUT2D eigenvalue weighted by Gasteiger charge is -2.58. The number of carboxylic acids is 4. The number of fused-ring (bicyclic) bond motifs is 10. The number of allylic oxidation sites excluding steroid dienone is 4. The molecule has 1 heterocycles. The van der Waals surface area contributed by atoms with Crippen molar-refractivity contribution in [3.8, 4) is 0 Å². The average Bonchev–Trinajstić information content (AvgIpc) is 1.40. The van der Waals surface area contributed by atoms with E-state index in [1.807, 2.05) is 35.2 Å². The highest BCUT2D eigenvalue weighted by molar-refractivity contribution is 8.77. The number of carboxylic acid groups (broad SMARTS) is 4. The van der Waals surface area contributed by atoms with Crippen LogP contribution < -0.4 is 43.9 Å². The zero-order chi connectivity index (χ0) is 76.7. The first-order valence-electron chi connectivity index (χ1n) is 40.0. The normalized spacial score (nSPS) is 30.0. The zero-order valence-electron chi connectivity index (χ0n) is 65.5. The lowest BCUT2D eigenvalue weighted by Crippen LogP contribution is -3.00. The molecule has 8 aliphatic rings. The number of hydrogen-bond acceptors (Lipinski definition) is 18. The van der Waals surface area contributed by atoms with Crippen LogP contribution in [-0.4, -0.2) is 112 Å². The number of nitrogens with one attached hydrogen (secondary N) is 4. The summed E-state index contributed by atoms with van der Waals surface area (Å²) in [7, 11) is 5.83. The number of pyridine rings is 1. The van der Waals surface area contributed by atoms with Crippen LogP contribution in [0.4, 0.5) is 9.59 Å². The van der Waals surface area contributed by atoms with Crippen LogP contribution in [0.1, 0.15) is 249 Å². The number of carbonyl (C=O) groups excluding carboxylic acids is 4. The number of thiol groups is 1. The fraction of sp³-hybridized carbons (Fsp3) is 0.771. The first kappa shape index (κ1) is 91.1. The van der Waals surface area contributed by atoms with E-state index in [0.29, 0.717) is 49.2 Å². The molecular weight excluding hydrogens is 1450 g/mol. The van der Waals surface area contributed by atoms with Crippen molar-refractivity contribution in [1.82, 2.24) is 26.3 Å². The molecule has 6 fully saturated rings. The molecule has 18 atom stereocenters. The van der Waals surface area contributed by atoms with Crippen LogP contribution in [0, 0.1) is 92.7 Å². The Balaban J connectivity index is 0.000000295. The highest BCUT2D eigenvalue weighted by atomic mass is 35.5. The lowest BCUT2D eigenvalue weighted by atomic mass is 9.47. The SMILES string of the molecule is C=C(CCCSSC(CC(=O)[O-])C(=O)[O-])NCCNC(=O)OC1CCC2(C)C(=CCC3C2CCC2(C)C(C(C)CCCC(C)C)CCC32)C1.C=C(CCCSSc1ccccn1)NCCNC(=O)OC1CCC2(C)C(=CCC3C2CCC2(C)C(C(C)CCCC(C)C)CCC32)C1.O=C(O)CC(S)C(=O)O.[Cl-]. The van der Waals surface area contributed by atoms with E-state index < -0.39 is 47.2 Å². The van der Waals surface area contributed by atoms with E-state index in [9.17, 15) is 39.0 Å². The van der Waals surface area contributed by atoms with Gasteiger partial charge in [-0.3, -0.25) is 9.59 Å². The minimum absolute atomic E-state index is 0. The molecule has 600 valence electrons. The van der Waals surface area contributed by atoms with E-state index in [-0.39, 0.29) is 47.6 Å². The van der Waals surface area contributed by atoms with Gasteiger partial charge in [0.2, 0.25) is 0 Å². The van der Waals surface area contributed by atoms with Gasteiger partial charge in [0.25, 0.3) is 0 Å². The number of alkyl carbamates (subject to hydrolysis) is 2. The Bertz CT molecular complexity index is 3080. The number of nitrogens with zero attached hydrogens (tertiary/aromatic N) is 1. The van der Waals surface area contributed by atoms with Gasteiger partial charge in [-0.05, 0) is 231 Å². The summed E-state index contributed by atoms with van der Waals surface area (Å²) in [6, 6.07) is 5.99. The van der Waals surface area contributed by atoms with Crippen molar-refractivity contribution in [2.24, 2.45) is 92.7 Å². The average molecular weight is 1590 g/mol. The van der Waals surface area contributed by atoms with Gasteiger partial charge in [0.1, 0.15) is 22.5 Å². The summed E-state index contributed by atoms with van der Waals surface area (Å²) in [6.45, 7) is 35.3. The predicted molar refractivity (Wildman–Crippen MR) is 429 cm³/mol. The molecule has 8 aliphatic carbocycles. The second-order valence-corrected chi connectivity index (χ2v) is 39.8. The van der Waals surface area contributed by atoms with E-state index in [0.717, 1.165) is 162 Å². The van der Waals surface area contributed by atoms with E-state index in [1.54, 1.807) is 16.4 Å². The van der Waals surface area contributed by atoms with E-state index in [2.05, 4.69) is 133 Å². The lowest BCUT2D eigenvalue weighted by molar-refractivity contribution is -0.314. The molecule has 17 nitrogen and oxygen atoms in total. The van der Waals surface area contributed by atoms with Gasteiger partial charge in [-0.1, -0.05) is 183 Å². The molecule has 1 aromatic heterocycles. The smallest absolute Gasteiger partial charge is 0.407 e. The summed E-state index contributed by atoms with van der Waals surface area (Å²) >= 11 is 3.48. The summed E-state index contributed by atoms with van der Waals surface area (Å²) in [4.78, 5) is 71.1. The van der Waals surface area contributed by atoms with Crippen molar-refractivity contribution >= 4 is 91.9 Å². The first-order valence-corrected chi connectivity index (χ1v) is 45.2. The number of halogens is 1. The number of carbonyl (C=O) groups is 6. The molecule has 0 aliphatic heterocycles. The molecule has 6 N–H and O–H groups in total. The number of aliphatic carboxylic acids is 4. The minimum atomic E-state index is -1.40. The van der Waals surface area contributed by atoms with Crippen LogP contribution in [0.3, 0.4) is 0 Å². The Hall–Kier alpha value is -3.83. The molecule has 9 rings (SSSR count). The molecule has 0 saturated heterocycles. The van der Waals surface area contributed by atoms with Crippen molar-refractivity contribution in [2.45, 2.75) is 277 Å².